The SMILES string of the molecule is CN1CCc2sc(C(N)=O)cc2C1=O. The van der Waals surface area contributed by atoms with Crippen molar-refractivity contribution < 1.29 is 9.59 Å². The van der Waals surface area contributed by atoms with Crippen molar-refractivity contribution >= 4 is 23.2 Å². The number of likely N-dealkylation sites (N-methyl/N-ethyl adjacent to an activating group) is 1. The average molecular weight is 210 g/mol. The van der Waals surface area contributed by atoms with Gasteiger partial charge in [0.2, 0.25) is 0 Å². The van der Waals surface area contributed by atoms with E-state index < -0.39 is 5.91 Å². The highest BCUT2D eigenvalue weighted by atomic mass is 32.1. The van der Waals surface area contributed by atoms with Crippen LogP contribution in [0.5, 0.6) is 0 Å². The van der Waals surface area contributed by atoms with Gasteiger partial charge in [0.1, 0.15) is 0 Å². The summed E-state index contributed by atoms with van der Waals surface area (Å²) in [4.78, 5) is 25.6. The molecule has 5 heteroatoms. The lowest BCUT2D eigenvalue weighted by molar-refractivity contribution is 0.0782. The highest BCUT2D eigenvalue weighted by Gasteiger charge is 2.25. The molecule has 0 bridgehead atoms. The molecule has 14 heavy (non-hydrogen) atoms. The Morgan fingerprint density at radius 1 is 1.64 bits per heavy atom. The molecule has 1 aliphatic rings. The lowest BCUT2D eigenvalue weighted by Gasteiger charge is -2.21. The van der Waals surface area contributed by atoms with Crippen LogP contribution in [0.4, 0.5) is 0 Å². The van der Waals surface area contributed by atoms with Crippen LogP contribution in [0.15, 0.2) is 6.07 Å². The van der Waals surface area contributed by atoms with Crippen LogP contribution in [0.25, 0.3) is 0 Å². The summed E-state index contributed by atoms with van der Waals surface area (Å²) in [5, 5.41) is 0. The van der Waals surface area contributed by atoms with Gasteiger partial charge in [0.05, 0.1) is 10.4 Å². The summed E-state index contributed by atoms with van der Waals surface area (Å²) in [6, 6.07) is 1.60. The van der Waals surface area contributed by atoms with Crippen molar-refractivity contribution in [3.05, 3.63) is 21.4 Å². The number of nitrogens with two attached hydrogens (primary N) is 1. The minimum atomic E-state index is -0.458. The summed E-state index contributed by atoms with van der Waals surface area (Å²) < 4.78 is 0. The van der Waals surface area contributed by atoms with E-state index in [-0.39, 0.29) is 5.91 Å². The highest BCUT2D eigenvalue weighted by molar-refractivity contribution is 7.14. The smallest absolute Gasteiger partial charge is 0.258 e. The molecule has 0 saturated heterocycles. The molecule has 0 aromatic carbocycles. The summed E-state index contributed by atoms with van der Waals surface area (Å²) in [6.45, 7) is 0.713. The van der Waals surface area contributed by atoms with E-state index in [1.807, 2.05) is 0 Å². The number of hydrogen-bond donors (Lipinski definition) is 1. The lowest BCUT2D eigenvalue weighted by Crippen LogP contribution is -2.33. The molecule has 0 saturated carbocycles. The van der Waals surface area contributed by atoms with Crippen LogP contribution >= 0.6 is 11.3 Å². The van der Waals surface area contributed by atoms with Gasteiger partial charge in [-0.15, -0.1) is 11.3 Å². The van der Waals surface area contributed by atoms with Crippen molar-refractivity contribution in [2.45, 2.75) is 6.42 Å². The predicted molar refractivity (Wildman–Crippen MR) is 53.5 cm³/mol. The Morgan fingerprint density at radius 3 is 3.00 bits per heavy atom. The molecule has 0 atom stereocenters. The minimum Gasteiger partial charge on any atom is -0.365 e. The topological polar surface area (TPSA) is 63.4 Å². The van der Waals surface area contributed by atoms with E-state index >= 15 is 0 Å². The van der Waals surface area contributed by atoms with E-state index in [1.165, 1.54) is 11.3 Å². The van der Waals surface area contributed by atoms with Gasteiger partial charge in [-0.25, -0.2) is 0 Å². The fourth-order valence-electron chi connectivity index (χ4n) is 1.49. The third-order valence-electron chi connectivity index (χ3n) is 2.30. The van der Waals surface area contributed by atoms with Crippen LogP contribution in [0.3, 0.4) is 0 Å². The molecule has 0 radical (unpaired) electrons. The fourth-order valence-corrected chi connectivity index (χ4v) is 2.49. The fraction of sp³-hybridized carbons (Fsp3) is 0.333. The largest absolute Gasteiger partial charge is 0.365 e. The number of thiophene rings is 1. The van der Waals surface area contributed by atoms with Gasteiger partial charge in [-0.05, 0) is 6.07 Å². The van der Waals surface area contributed by atoms with Crippen LogP contribution in [-0.2, 0) is 6.42 Å². The van der Waals surface area contributed by atoms with E-state index in [4.69, 9.17) is 5.73 Å². The number of fused-ring (bicyclic) bond motifs is 1. The molecule has 2 amide bonds. The van der Waals surface area contributed by atoms with Gasteiger partial charge >= 0.3 is 0 Å². The summed E-state index contributed by atoms with van der Waals surface area (Å²) in [5.41, 5.74) is 5.79. The Hall–Kier alpha value is -1.36. The summed E-state index contributed by atoms with van der Waals surface area (Å²) in [5.74, 6) is -0.477. The molecule has 1 aliphatic heterocycles. The molecule has 4 nitrogen and oxygen atoms in total. The van der Waals surface area contributed by atoms with Crippen molar-refractivity contribution in [1.82, 2.24) is 4.90 Å². The number of nitrogens with zero attached hydrogens (tertiary/aromatic N) is 1. The Morgan fingerprint density at radius 2 is 2.36 bits per heavy atom. The Kier molecular flexibility index (Phi) is 2.03. The molecular weight excluding hydrogens is 200 g/mol. The first kappa shape index (κ1) is 9.21. The monoisotopic (exact) mass is 210 g/mol. The van der Waals surface area contributed by atoms with Gasteiger partial charge in [-0.1, -0.05) is 0 Å². The summed E-state index contributed by atoms with van der Waals surface area (Å²) >= 11 is 1.33. The zero-order valence-electron chi connectivity index (χ0n) is 7.74. The van der Waals surface area contributed by atoms with Crippen LogP contribution < -0.4 is 5.73 Å². The normalized spacial score (nSPS) is 15.5. The van der Waals surface area contributed by atoms with Gasteiger partial charge in [0, 0.05) is 24.9 Å². The average Bonchev–Trinajstić information content (AvgIpc) is 2.56. The van der Waals surface area contributed by atoms with Crippen LogP contribution in [-0.4, -0.2) is 30.3 Å². The van der Waals surface area contributed by atoms with Crippen LogP contribution in [0, 0.1) is 0 Å². The molecular formula is C9H10N2O2S. The second kappa shape index (κ2) is 3.09. The summed E-state index contributed by atoms with van der Waals surface area (Å²) in [7, 11) is 1.76. The number of primary amides is 1. The van der Waals surface area contributed by atoms with Gasteiger partial charge in [0.15, 0.2) is 0 Å². The Balaban J connectivity index is 2.46. The number of carbonyl (C=O) groups excluding carboxylic acids is 2. The van der Waals surface area contributed by atoms with Crippen molar-refractivity contribution in [3.63, 3.8) is 0 Å². The predicted octanol–water partition coefficient (Wildman–Crippen LogP) is 0.475. The standard InChI is InChI=1S/C9H10N2O2S/c1-11-3-2-6-5(9(11)13)4-7(14-6)8(10)12/h4H,2-3H2,1H3,(H2,10,12). The molecule has 74 valence electrons. The van der Waals surface area contributed by atoms with Crippen molar-refractivity contribution in [2.24, 2.45) is 5.73 Å². The van der Waals surface area contributed by atoms with Gasteiger partial charge in [-0.2, -0.15) is 0 Å². The van der Waals surface area contributed by atoms with Crippen LogP contribution in [0.1, 0.15) is 24.9 Å². The molecule has 2 rings (SSSR count). The van der Waals surface area contributed by atoms with Gasteiger partial charge in [-0.3, -0.25) is 9.59 Å². The molecule has 2 heterocycles. The molecule has 0 aliphatic carbocycles. The first-order chi connectivity index (χ1) is 6.59. The van der Waals surface area contributed by atoms with E-state index in [2.05, 4.69) is 0 Å². The first-order valence-corrected chi connectivity index (χ1v) is 5.09. The zero-order chi connectivity index (χ0) is 10.3. The zero-order valence-corrected chi connectivity index (χ0v) is 8.56. The lowest BCUT2D eigenvalue weighted by atomic mass is 10.1. The maximum absolute atomic E-state index is 11.6. The van der Waals surface area contributed by atoms with Gasteiger partial charge in [0.25, 0.3) is 11.8 Å². The Bertz CT molecular complexity index is 411. The van der Waals surface area contributed by atoms with Crippen molar-refractivity contribution in [1.29, 1.82) is 0 Å². The van der Waals surface area contributed by atoms with E-state index in [1.54, 1.807) is 18.0 Å². The van der Waals surface area contributed by atoms with Crippen LogP contribution in [0.2, 0.25) is 0 Å². The minimum absolute atomic E-state index is 0.0185. The Labute approximate surface area is 85.3 Å². The third-order valence-corrected chi connectivity index (χ3v) is 3.51. The maximum atomic E-state index is 11.6. The molecule has 0 spiro atoms. The van der Waals surface area contributed by atoms with Crippen molar-refractivity contribution in [2.75, 3.05) is 13.6 Å². The van der Waals surface area contributed by atoms with Crippen molar-refractivity contribution in [3.8, 4) is 0 Å². The summed E-state index contributed by atoms with van der Waals surface area (Å²) in [6.07, 6.45) is 0.815. The first-order valence-electron chi connectivity index (χ1n) is 4.27. The van der Waals surface area contributed by atoms with E-state index in [0.29, 0.717) is 17.0 Å². The maximum Gasteiger partial charge on any atom is 0.258 e. The van der Waals surface area contributed by atoms with E-state index in [9.17, 15) is 9.59 Å². The molecule has 1 aromatic rings. The number of rotatable bonds is 1. The molecule has 1 aromatic heterocycles. The van der Waals surface area contributed by atoms with Gasteiger partial charge < -0.3 is 10.6 Å². The second-order valence-corrected chi connectivity index (χ2v) is 4.43. The number of carbonyl (C=O) groups is 2. The van der Waals surface area contributed by atoms with E-state index in [0.717, 1.165) is 11.3 Å². The molecule has 0 fully saturated rings. The molecule has 0 unspecified atom stereocenters. The molecule has 2 N–H and O–H groups in total. The number of hydrogen-bond acceptors (Lipinski definition) is 3. The highest BCUT2D eigenvalue weighted by Crippen LogP contribution is 2.27. The number of amides is 2. The third kappa shape index (κ3) is 1.29. The quantitative estimate of drug-likeness (QED) is 0.732. The second-order valence-electron chi connectivity index (χ2n) is 3.29.